The zero-order chi connectivity index (χ0) is 25.5. The second-order valence-electron chi connectivity index (χ2n) is 7.58. The number of benzene rings is 1. The molecule has 0 fully saturated rings. The summed E-state index contributed by atoms with van der Waals surface area (Å²) >= 11 is 0. The van der Waals surface area contributed by atoms with Gasteiger partial charge in [0.05, 0.1) is 28.2 Å². The SMILES string of the molecule is C[C@@H](c1ncnn1-c1ccc(C#N)cn1)N(C)c1ccnc2c(C(F)(F)F)cc(C(F)(F)F)cc12. The van der Waals surface area contributed by atoms with Crippen molar-refractivity contribution < 1.29 is 26.3 Å². The Morgan fingerprint density at radius 3 is 2.34 bits per heavy atom. The maximum Gasteiger partial charge on any atom is 0.418 e. The summed E-state index contributed by atoms with van der Waals surface area (Å²) in [4.78, 5) is 13.6. The molecule has 0 spiro atoms. The van der Waals surface area contributed by atoms with Gasteiger partial charge in [0.1, 0.15) is 12.4 Å². The predicted molar refractivity (Wildman–Crippen MR) is 112 cm³/mol. The standard InChI is InChI=1S/C22H15F6N7/c1-12(20-32-11-33-35(20)18-4-3-13(9-29)10-31-18)34(2)17-5-6-30-19-15(17)7-14(21(23,24)25)8-16(19)22(26,27)28/h3-8,10-12H,1-2H3/t12-/m0/s1. The molecule has 0 unspecified atom stereocenters. The van der Waals surface area contributed by atoms with Crippen LogP contribution >= 0.6 is 0 Å². The van der Waals surface area contributed by atoms with Crippen molar-refractivity contribution in [2.75, 3.05) is 11.9 Å². The summed E-state index contributed by atoms with van der Waals surface area (Å²) < 4.78 is 82.6. The zero-order valence-electron chi connectivity index (χ0n) is 18.1. The van der Waals surface area contributed by atoms with Crippen LogP contribution in [0.4, 0.5) is 32.0 Å². The van der Waals surface area contributed by atoms with Gasteiger partial charge in [0.25, 0.3) is 0 Å². The second kappa shape index (κ2) is 8.53. The molecule has 180 valence electrons. The Morgan fingerprint density at radius 1 is 1.00 bits per heavy atom. The molecule has 3 heterocycles. The number of rotatable bonds is 4. The fourth-order valence-electron chi connectivity index (χ4n) is 3.60. The lowest BCUT2D eigenvalue weighted by Crippen LogP contribution is -2.25. The highest BCUT2D eigenvalue weighted by atomic mass is 19.4. The van der Waals surface area contributed by atoms with Gasteiger partial charge in [-0.2, -0.15) is 41.4 Å². The summed E-state index contributed by atoms with van der Waals surface area (Å²) in [6.45, 7) is 1.66. The highest BCUT2D eigenvalue weighted by molar-refractivity contribution is 5.94. The van der Waals surface area contributed by atoms with Gasteiger partial charge in [0.15, 0.2) is 11.6 Å². The molecule has 1 aromatic carbocycles. The van der Waals surface area contributed by atoms with Crippen molar-refractivity contribution in [3.8, 4) is 11.9 Å². The van der Waals surface area contributed by atoms with E-state index in [1.807, 2.05) is 6.07 Å². The minimum absolute atomic E-state index is 0.0652. The van der Waals surface area contributed by atoms with E-state index in [0.717, 1.165) is 6.20 Å². The van der Waals surface area contributed by atoms with Crippen LogP contribution in [-0.4, -0.2) is 31.8 Å². The highest BCUT2D eigenvalue weighted by Crippen LogP contribution is 2.42. The van der Waals surface area contributed by atoms with E-state index >= 15 is 0 Å². The van der Waals surface area contributed by atoms with Crippen LogP contribution in [0, 0.1) is 11.3 Å². The Bertz CT molecular complexity index is 1420. The summed E-state index contributed by atoms with van der Waals surface area (Å²) in [5.74, 6) is 0.646. The van der Waals surface area contributed by atoms with Gasteiger partial charge in [0.2, 0.25) is 0 Å². The fraction of sp³-hybridized carbons (Fsp3) is 0.227. The van der Waals surface area contributed by atoms with Crippen LogP contribution in [-0.2, 0) is 12.4 Å². The summed E-state index contributed by atoms with van der Waals surface area (Å²) in [6, 6.07) is 6.40. The molecule has 7 nitrogen and oxygen atoms in total. The summed E-state index contributed by atoms with van der Waals surface area (Å²) in [7, 11) is 1.51. The molecule has 0 aliphatic carbocycles. The molecule has 0 radical (unpaired) electrons. The van der Waals surface area contributed by atoms with E-state index in [1.165, 1.54) is 47.4 Å². The van der Waals surface area contributed by atoms with Gasteiger partial charge >= 0.3 is 12.4 Å². The van der Waals surface area contributed by atoms with E-state index < -0.39 is 35.0 Å². The van der Waals surface area contributed by atoms with Crippen LogP contribution < -0.4 is 4.90 Å². The lowest BCUT2D eigenvalue weighted by atomic mass is 10.0. The van der Waals surface area contributed by atoms with Gasteiger partial charge in [-0.1, -0.05) is 0 Å². The molecule has 0 N–H and O–H groups in total. The molecule has 0 aliphatic heterocycles. The smallest absolute Gasteiger partial charge is 0.364 e. The molecule has 13 heteroatoms. The Morgan fingerprint density at radius 2 is 1.74 bits per heavy atom. The number of fused-ring (bicyclic) bond motifs is 1. The summed E-state index contributed by atoms with van der Waals surface area (Å²) in [5.41, 5.74) is -3.10. The second-order valence-corrected chi connectivity index (χ2v) is 7.58. The average Bonchev–Trinajstić information content (AvgIpc) is 3.30. The predicted octanol–water partition coefficient (Wildman–Crippen LogP) is 5.32. The topological polar surface area (TPSA) is 83.5 Å². The van der Waals surface area contributed by atoms with E-state index in [1.54, 1.807) is 6.92 Å². The monoisotopic (exact) mass is 491 g/mol. The van der Waals surface area contributed by atoms with Crippen molar-refractivity contribution in [1.82, 2.24) is 24.7 Å². The Kier molecular flexibility index (Phi) is 5.84. The van der Waals surface area contributed by atoms with E-state index in [-0.39, 0.29) is 17.1 Å². The van der Waals surface area contributed by atoms with Gasteiger partial charge < -0.3 is 4.90 Å². The van der Waals surface area contributed by atoms with Crippen molar-refractivity contribution in [1.29, 1.82) is 5.26 Å². The number of pyridine rings is 2. The first-order chi connectivity index (χ1) is 16.4. The third-order valence-electron chi connectivity index (χ3n) is 5.46. The van der Waals surface area contributed by atoms with E-state index in [0.29, 0.717) is 23.3 Å². The number of alkyl halides is 6. The minimum atomic E-state index is -5.04. The van der Waals surface area contributed by atoms with Gasteiger partial charge in [0, 0.05) is 30.5 Å². The third kappa shape index (κ3) is 4.46. The van der Waals surface area contributed by atoms with Gasteiger partial charge in [-0.25, -0.2) is 9.97 Å². The van der Waals surface area contributed by atoms with Crippen molar-refractivity contribution in [3.05, 3.63) is 71.6 Å². The molecule has 0 bridgehead atoms. The van der Waals surface area contributed by atoms with Crippen LogP contribution in [0.2, 0.25) is 0 Å². The Hall–Kier alpha value is -4.21. The molecule has 3 aromatic heterocycles. The van der Waals surface area contributed by atoms with Gasteiger partial charge in [-0.3, -0.25) is 4.98 Å². The van der Waals surface area contributed by atoms with Gasteiger partial charge in [-0.15, -0.1) is 0 Å². The van der Waals surface area contributed by atoms with Crippen LogP contribution in [0.1, 0.15) is 35.5 Å². The van der Waals surface area contributed by atoms with Crippen molar-refractivity contribution in [2.24, 2.45) is 0 Å². The quantitative estimate of drug-likeness (QED) is 0.360. The maximum absolute atomic E-state index is 13.6. The summed E-state index contributed by atoms with van der Waals surface area (Å²) in [6.07, 6.45) is -6.35. The van der Waals surface area contributed by atoms with Crippen LogP contribution in [0.25, 0.3) is 16.7 Å². The van der Waals surface area contributed by atoms with Crippen molar-refractivity contribution >= 4 is 16.6 Å². The first-order valence-corrected chi connectivity index (χ1v) is 9.98. The Balaban J connectivity index is 1.83. The van der Waals surface area contributed by atoms with Crippen molar-refractivity contribution in [2.45, 2.75) is 25.3 Å². The number of anilines is 1. The number of nitriles is 1. The third-order valence-corrected chi connectivity index (χ3v) is 5.46. The first-order valence-electron chi connectivity index (χ1n) is 9.98. The van der Waals surface area contributed by atoms with E-state index in [9.17, 15) is 26.3 Å². The fourth-order valence-corrected chi connectivity index (χ4v) is 3.60. The molecule has 0 amide bonds. The summed E-state index contributed by atoms with van der Waals surface area (Å²) in [5, 5.41) is 12.8. The molecule has 1 atom stereocenters. The number of halogens is 6. The average molecular weight is 491 g/mol. The maximum atomic E-state index is 13.6. The van der Waals surface area contributed by atoms with Crippen molar-refractivity contribution in [3.63, 3.8) is 0 Å². The molecule has 0 saturated carbocycles. The van der Waals surface area contributed by atoms with Crippen LogP contribution in [0.15, 0.2) is 49.1 Å². The number of hydrogen-bond donors (Lipinski definition) is 0. The number of aromatic nitrogens is 5. The van der Waals surface area contributed by atoms with Gasteiger partial charge in [-0.05, 0) is 37.3 Å². The van der Waals surface area contributed by atoms with E-state index in [2.05, 4.69) is 20.1 Å². The number of hydrogen-bond acceptors (Lipinski definition) is 6. The molecule has 35 heavy (non-hydrogen) atoms. The van der Waals surface area contributed by atoms with E-state index in [4.69, 9.17) is 5.26 Å². The molecule has 4 aromatic rings. The zero-order valence-corrected chi connectivity index (χ0v) is 18.1. The van der Waals surface area contributed by atoms with Crippen LogP contribution in [0.3, 0.4) is 0 Å². The molecular weight excluding hydrogens is 476 g/mol. The highest BCUT2D eigenvalue weighted by Gasteiger charge is 2.39. The van der Waals surface area contributed by atoms with Crippen LogP contribution in [0.5, 0.6) is 0 Å². The Labute approximate surface area is 194 Å². The minimum Gasteiger partial charge on any atom is -0.364 e. The first kappa shape index (κ1) is 23.9. The number of nitrogens with zero attached hydrogens (tertiary/aromatic N) is 7. The molecule has 0 aliphatic rings. The lowest BCUT2D eigenvalue weighted by Gasteiger charge is -2.28. The largest absolute Gasteiger partial charge is 0.418 e. The normalized spacial score (nSPS) is 13.0. The molecule has 4 rings (SSSR count). The lowest BCUT2D eigenvalue weighted by molar-refractivity contribution is -0.142. The molecular formula is C22H15F6N7. The molecule has 0 saturated heterocycles.